The summed E-state index contributed by atoms with van der Waals surface area (Å²) in [5.74, 6) is 0.299. The molecule has 0 saturated heterocycles. The molecule has 1 aliphatic rings. The number of aromatic nitrogens is 1. The van der Waals surface area contributed by atoms with Gasteiger partial charge in [0.1, 0.15) is 5.82 Å². The van der Waals surface area contributed by atoms with Crippen molar-refractivity contribution in [2.75, 3.05) is 5.32 Å². The Morgan fingerprint density at radius 3 is 2.47 bits per heavy atom. The summed E-state index contributed by atoms with van der Waals surface area (Å²) in [7, 11) is 0. The molecule has 1 aromatic heterocycles. The molecule has 0 radical (unpaired) electrons. The summed E-state index contributed by atoms with van der Waals surface area (Å²) < 4.78 is 37.1. The summed E-state index contributed by atoms with van der Waals surface area (Å²) >= 11 is 5.77. The number of nitrogens with one attached hydrogen (secondary N) is 1. The van der Waals surface area contributed by atoms with Crippen LogP contribution in [-0.4, -0.2) is 11.0 Å². The number of anilines is 1. The lowest BCUT2D eigenvalue weighted by molar-refractivity contribution is -0.137. The maximum absolute atomic E-state index is 12.4. The van der Waals surface area contributed by atoms with Crippen LogP contribution in [0.15, 0.2) is 24.4 Å². The molecule has 0 saturated carbocycles. The van der Waals surface area contributed by atoms with Crippen molar-refractivity contribution in [3.63, 3.8) is 0 Å². The van der Waals surface area contributed by atoms with E-state index in [9.17, 15) is 13.2 Å². The molecule has 0 amide bonds. The molecule has 0 atom stereocenters. The molecular formula is C11H10ClF3N2. The summed E-state index contributed by atoms with van der Waals surface area (Å²) in [6.45, 7) is 0. The fourth-order valence-corrected chi connectivity index (χ4v) is 1.85. The molecule has 0 aliphatic heterocycles. The van der Waals surface area contributed by atoms with E-state index in [4.69, 9.17) is 11.6 Å². The fourth-order valence-electron chi connectivity index (χ4n) is 1.63. The Kier molecular flexibility index (Phi) is 3.28. The standard InChI is InChI=1S/C11H10ClF3N2/c12-9-5-7(11(13,14)15)6-16-10(9)17-8-3-1-2-4-8/h1-2,5-6,8H,3-4H2,(H,16,17). The zero-order valence-electron chi connectivity index (χ0n) is 8.76. The smallest absolute Gasteiger partial charge is 0.365 e. The highest BCUT2D eigenvalue weighted by Crippen LogP contribution is 2.32. The van der Waals surface area contributed by atoms with E-state index in [1.807, 2.05) is 12.2 Å². The van der Waals surface area contributed by atoms with Crippen molar-refractivity contribution in [3.8, 4) is 0 Å². The number of rotatable bonds is 2. The monoisotopic (exact) mass is 262 g/mol. The lowest BCUT2D eigenvalue weighted by Crippen LogP contribution is -2.17. The number of hydrogen-bond donors (Lipinski definition) is 1. The zero-order valence-corrected chi connectivity index (χ0v) is 9.52. The van der Waals surface area contributed by atoms with Crippen LogP contribution in [0.2, 0.25) is 5.02 Å². The second-order valence-corrected chi connectivity index (χ2v) is 4.24. The maximum Gasteiger partial charge on any atom is 0.417 e. The minimum absolute atomic E-state index is 0.00766. The van der Waals surface area contributed by atoms with Gasteiger partial charge >= 0.3 is 6.18 Å². The van der Waals surface area contributed by atoms with Crippen molar-refractivity contribution in [1.29, 1.82) is 0 Å². The molecule has 2 rings (SSSR count). The summed E-state index contributed by atoms with van der Waals surface area (Å²) in [6.07, 6.45) is 2.06. The summed E-state index contributed by atoms with van der Waals surface area (Å²) in [4.78, 5) is 3.72. The Morgan fingerprint density at radius 1 is 1.29 bits per heavy atom. The van der Waals surface area contributed by atoms with Crippen LogP contribution in [0.4, 0.5) is 19.0 Å². The van der Waals surface area contributed by atoms with Crippen LogP contribution in [0.1, 0.15) is 18.4 Å². The number of hydrogen-bond acceptors (Lipinski definition) is 2. The predicted octanol–water partition coefficient (Wildman–Crippen LogP) is 3.88. The Hall–Kier alpha value is -1.23. The highest BCUT2D eigenvalue weighted by atomic mass is 35.5. The molecule has 1 aliphatic carbocycles. The van der Waals surface area contributed by atoms with E-state index < -0.39 is 11.7 Å². The van der Waals surface area contributed by atoms with Gasteiger partial charge in [-0.2, -0.15) is 13.2 Å². The average molecular weight is 263 g/mol. The van der Waals surface area contributed by atoms with Gasteiger partial charge in [-0.25, -0.2) is 4.98 Å². The van der Waals surface area contributed by atoms with Gasteiger partial charge in [-0.1, -0.05) is 23.8 Å². The van der Waals surface area contributed by atoms with Gasteiger partial charge in [0.2, 0.25) is 0 Å². The van der Waals surface area contributed by atoms with Crippen LogP contribution in [0.3, 0.4) is 0 Å². The number of halogens is 4. The van der Waals surface area contributed by atoms with Gasteiger partial charge in [-0.3, -0.25) is 0 Å². The summed E-state index contributed by atoms with van der Waals surface area (Å²) in [5.41, 5.74) is -0.836. The first-order valence-corrected chi connectivity index (χ1v) is 5.49. The lowest BCUT2D eigenvalue weighted by Gasteiger charge is -2.15. The minimum atomic E-state index is -4.41. The van der Waals surface area contributed by atoms with Crippen LogP contribution in [-0.2, 0) is 6.18 Å². The summed E-state index contributed by atoms with van der Waals surface area (Å²) in [6, 6.07) is 1.05. The molecule has 1 N–H and O–H groups in total. The van der Waals surface area contributed by atoms with E-state index in [-0.39, 0.29) is 11.1 Å². The first kappa shape index (κ1) is 12.2. The largest absolute Gasteiger partial charge is 0.417 e. The van der Waals surface area contributed by atoms with Crippen LogP contribution in [0.5, 0.6) is 0 Å². The molecule has 0 aromatic carbocycles. The Balaban J connectivity index is 2.14. The van der Waals surface area contributed by atoms with Crippen molar-refractivity contribution in [2.24, 2.45) is 0 Å². The van der Waals surface area contributed by atoms with Gasteiger partial charge in [-0.05, 0) is 18.9 Å². The van der Waals surface area contributed by atoms with Crippen LogP contribution >= 0.6 is 11.6 Å². The highest BCUT2D eigenvalue weighted by Gasteiger charge is 2.31. The Morgan fingerprint density at radius 2 is 1.94 bits per heavy atom. The van der Waals surface area contributed by atoms with E-state index in [1.165, 1.54) is 0 Å². The normalized spacial score (nSPS) is 16.5. The van der Waals surface area contributed by atoms with E-state index >= 15 is 0 Å². The van der Waals surface area contributed by atoms with Gasteiger partial charge in [0.15, 0.2) is 0 Å². The molecule has 0 unspecified atom stereocenters. The molecule has 6 heteroatoms. The SMILES string of the molecule is FC(F)(F)c1cnc(NC2CC=CC2)c(Cl)c1. The second kappa shape index (κ2) is 4.56. The molecule has 0 fully saturated rings. The van der Waals surface area contributed by atoms with Crippen molar-refractivity contribution >= 4 is 17.4 Å². The zero-order chi connectivity index (χ0) is 12.5. The van der Waals surface area contributed by atoms with Gasteiger partial charge < -0.3 is 5.32 Å². The third-order valence-corrected chi connectivity index (χ3v) is 2.81. The second-order valence-electron chi connectivity index (χ2n) is 3.84. The molecule has 1 heterocycles. The first-order valence-electron chi connectivity index (χ1n) is 5.11. The topological polar surface area (TPSA) is 24.9 Å². The van der Waals surface area contributed by atoms with Gasteiger partial charge in [0, 0.05) is 12.2 Å². The predicted molar refractivity (Wildman–Crippen MR) is 60.0 cm³/mol. The Labute approximate surface area is 101 Å². The summed E-state index contributed by atoms with van der Waals surface area (Å²) in [5, 5.41) is 3.01. The molecular weight excluding hydrogens is 253 g/mol. The molecule has 0 spiro atoms. The number of alkyl halides is 3. The lowest BCUT2D eigenvalue weighted by atomic mass is 10.2. The molecule has 17 heavy (non-hydrogen) atoms. The maximum atomic E-state index is 12.4. The van der Waals surface area contributed by atoms with Crippen molar-refractivity contribution in [3.05, 3.63) is 35.0 Å². The Bertz CT molecular complexity index is 435. The number of nitrogens with zero attached hydrogens (tertiary/aromatic N) is 1. The van der Waals surface area contributed by atoms with Gasteiger partial charge in [0.05, 0.1) is 10.6 Å². The van der Waals surface area contributed by atoms with Gasteiger partial charge in [0.25, 0.3) is 0 Å². The number of pyridine rings is 1. The minimum Gasteiger partial charge on any atom is -0.365 e. The first-order chi connectivity index (χ1) is 7.97. The van der Waals surface area contributed by atoms with E-state index in [0.29, 0.717) is 5.82 Å². The molecule has 1 aromatic rings. The van der Waals surface area contributed by atoms with Crippen LogP contribution in [0, 0.1) is 0 Å². The fraction of sp³-hybridized carbons (Fsp3) is 0.364. The van der Waals surface area contributed by atoms with E-state index in [2.05, 4.69) is 10.3 Å². The highest BCUT2D eigenvalue weighted by molar-refractivity contribution is 6.33. The van der Waals surface area contributed by atoms with Crippen molar-refractivity contribution in [1.82, 2.24) is 4.98 Å². The van der Waals surface area contributed by atoms with E-state index in [1.54, 1.807) is 0 Å². The van der Waals surface area contributed by atoms with Crippen molar-refractivity contribution in [2.45, 2.75) is 25.1 Å². The van der Waals surface area contributed by atoms with Gasteiger partial charge in [-0.15, -0.1) is 0 Å². The third kappa shape index (κ3) is 2.91. The average Bonchev–Trinajstić information content (AvgIpc) is 2.72. The third-order valence-electron chi connectivity index (χ3n) is 2.52. The molecule has 0 bridgehead atoms. The quantitative estimate of drug-likeness (QED) is 0.818. The van der Waals surface area contributed by atoms with E-state index in [0.717, 1.165) is 25.1 Å². The van der Waals surface area contributed by atoms with Crippen LogP contribution < -0.4 is 5.32 Å². The molecule has 2 nitrogen and oxygen atoms in total. The van der Waals surface area contributed by atoms with Crippen molar-refractivity contribution < 1.29 is 13.2 Å². The molecule has 92 valence electrons. The van der Waals surface area contributed by atoms with Crippen LogP contribution in [0.25, 0.3) is 0 Å².